The van der Waals surface area contributed by atoms with Crippen LogP contribution in [0.1, 0.15) is 41.3 Å². The predicted molar refractivity (Wildman–Crippen MR) is 121 cm³/mol. The highest BCUT2D eigenvalue weighted by Crippen LogP contribution is 2.39. The molecule has 0 bridgehead atoms. The van der Waals surface area contributed by atoms with E-state index in [2.05, 4.69) is 4.98 Å². The number of carbonyl (C=O) groups excluding carboxylic acids is 1. The van der Waals surface area contributed by atoms with Crippen molar-refractivity contribution in [1.29, 1.82) is 0 Å². The van der Waals surface area contributed by atoms with Gasteiger partial charge in [-0.15, -0.1) is 11.3 Å². The van der Waals surface area contributed by atoms with Gasteiger partial charge in [0.05, 0.1) is 32.0 Å². The van der Waals surface area contributed by atoms with Crippen molar-refractivity contribution in [3.63, 3.8) is 0 Å². The summed E-state index contributed by atoms with van der Waals surface area (Å²) >= 11 is 1.53. The molecule has 1 aliphatic rings. The number of aryl methyl sites for hydroxylation is 3. The molecule has 1 aromatic carbocycles. The maximum atomic E-state index is 13.1. The molecule has 0 radical (unpaired) electrons. The van der Waals surface area contributed by atoms with Gasteiger partial charge in [-0.25, -0.2) is 4.98 Å². The first-order valence-corrected chi connectivity index (χ1v) is 11.2. The first kappa shape index (κ1) is 21.4. The van der Waals surface area contributed by atoms with Crippen LogP contribution in [0, 0.1) is 13.8 Å². The van der Waals surface area contributed by atoms with E-state index in [0.29, 0.717) is 18.5 Å². The molecule has 4 rings (SSSR count). The molecule has 8 heteroatoms. The zero-order valence-corrected chi connectivity index (χ0v) is 19.1. The van der Waals surface area contributed by atoms with Gasteiger partial charge in [-0.1, -0.05) is 0 Å². The van der Waals surface area contributed by atoms with Crippen LogP contribution in [0.2, 0.25) is 0 Å². The van der Waals surface area contributed by atoms with Crippen LogP contribution in [-0.2, 0) is 11.3 Å². The highest BCUT2D eigenvalue weighted by atomic mass is 32.1. The molecule has 1 fully saturated rings. The Morgan fingerprint density at radius 3 is 2.81 bits per heavy atom. The van der Waals surface area contributed by atoms with Gasteiger partial charge >= 0.3 is 0 Å². The van der Waals surface area contributed by atoms with Crippen LogP contribution in [0.15, 0.2) is 29.3 Å². The number of aromatic nitrogens is 2. The first-order valence-electron chi connectivity index (χ1n) is 10.4. The lowest BCUT2D eigenvalue weighted by atomic mass is 10.0. The van der Waals surface area contributed by atoms with E-state index in [-0.39, 0.29) is 23.9 Å². The van der Waals surface area contributed by atoms with E-state index in [0.717, 1.165) is 45.2 Å². The minimum absolute atomic E-state index is 0.0330. The summed E-state index contributed by atoms with van der Waals surface area (Å²) in [6.45, 7) is 4.96. The third-order valence-electron chi connectivity index (χ3n) is 6.10. The van der Waals surface area contributed by atoms with Crippen molar-refractivity contribution in [3.8, 4) is 11.5 Å². The van der Waals surface area contributed by atoms with Crippen LogP contribution >= 0.6 is 11.3 Å². The Morgan fingerprint density at radius 2 is 2.06 bits per heavy atom. The molecule has 1 saturated heterocycles. The van der Waals surface area contributed by atoms with Crippen molar-refractivity contribution in [3.05, 3.63) is 50.9 Å². The second-order valence-corrected chi connectivity index (χ2v) is 9.01. The van der Waals surface area contributed by atoms with E-state index in [9.17, 15) is 9.59 Å². The van der Waals surface area contributed by atoms with Crippen LogP contribution < -0.4 is 15.0 Å². The molecule has 1 atom stereocenters. The van der Waals surface area contributed by atoms with Crippen LogP contribution in [0.3, 0.4) is 0 Å². The zero-order chi connectivity index (χ0) is 22.1. The third-order valence-corrected chi connectivity index (χ3v) is 7.21. The number of carbonyl (C=O) groups is 1. The van der Waals surface area contributed by atoms with Crippen molar-refractivity contribution < 1.29 is 14.3 Å². The number of rotatable bonds is 6. The van der Waals surface area contributed by atoms with Crippen LogP contribution in [0.25, 0.3) is 10.2 Å². The molecule has 1 aliphatic heterocycles. The molecule has 0 aliphatic carbocycles. The van der Waals surface area contributed by atoms with Crippen LogP contribution in [0.5, 0.6) is 11.5 Å². The van der Waals surface area contributed by atoms with Crippen molar-refractivity contribution in [2.45, 2.75) is 45.7 Å². The standard InChI is InChI=1S/C23H27N3O4S/c1-14-15(2)31-22-21(14)23(28)25(13-24-22)11-9-20(27)26-10-5-6-18(26)17-8-7-16(29-3)12-19(17)30-4/h7-8,12-13,18H,5-6,9-11H2,1-4H3/t18-/m0/s1. The Balaban J connectivity index is 1.52. The van der Waals surface area contributed by atoms with E-state index in [1.807, 2.05) is 36.9 Å². The van der Waals surface area contributed by atoms with Gasteiger partial charge in [-0.05, 0) is 44.4 Å². The number of nitrogens with zero attached hydrogens (tertiary/aromatic N) is 3. The maximum Gasteiger partial charge on any atom is 0.262 e. The van der Waals surface area contributed by atoms with E-state index in [1.165, 1.54) is 11.3 Å². The van der Waals surface area contributed by atoms with Gasteiger partial charge in [0.1, 0.15) is 16.3 Å². The first-order chi connectivity index (χ1) is 14.9. The molecule has 3 aromatic rings. The van der Waals surface area contributed by atoms with Crippen molar-refractivity contribution in [2.75, 3.05) is 20.8 Å². The summed E-state index contributed by atoms with van der Waals surface area (Å²) in [5, 5.41) is 0.666. The number of fused-ring (bicyclic) bond motifs is 1. The fraction of sp³-hybridized carbons (Fsp3) is 0.435. The monoisotopic (exact) mass is 441 g/mol. The van der Waals surface area contributed by atoms with Gasteiger partial charge in [0.25, 0.3) is 5.56 Å². The normalized spacial score (nSPS) is 16.1. The highest BCUT2D eigenvalue weighted by molar-refractivity contribution is 7.18. The molecule has 1 amide bonds. The van der Waals surface area contributed by atoms with Crippen molar-refractivity contribution in [2.24, 2.45) is 0 Å². The molecule has 3 heterocycles. The van der Waals surface area contributed by atoms with Gasteiger partial charge in [-0.3, -0.25) is 14.2 Å². The number of hydrogen-bond donors (Lipinski definition) is 0. The van der Waals surface area contributed by atoms with E-state index in [1.54, 1.807) is 25.1 Å². The minimum atomic E-state index is -0.0746. The van der Waals surface area contributed by atoms with Crippen molar-refractivity contribution in [1.82, 2.24) is 14.5 Å². The fourth-order valence-corrected chi connectivity index (χ4v) is 5.26. The molecular formula is C23H27N3O4S. The molecule has 0 saturated carbocycles. The average molecular weight is 442 g/mol. The number of likely N-dealkylation sites (tertiary alicyclic amines) is 1. The Bertz CT molecular complexity index is 1180. The molecule has 2 aromatic heterocycles. The fourth-order valence-electron chi connectivity index (χ4n) is 4.27. The van der Waals surface area contributed by atoms with Crippen LogP contribution in [-0.4, -0.2) is 41.1 Å². The number of amides is 1. The second kappa shape index (κ2) is 8.70. The summed E-state index contributed by atoms with van der Waals surface area (Å²) in [5.74, 6) is 1.47. The molecule has 164 valence electrons. The Kier molecular flexibility index (Phi) is 6.00. The number of methoxy groups -OCH3 is 2. The summed E-state index contributed by atoms with van der Waals surface area (Å²) in [5.41, 5.74) is 1.89. The van der Waals surface area contributed by atoms with E-state index < -0.39 is 0 Å². The zero-order valence-electron chi connectivity index (χ0n) is 18.3. The number of thiophene rings is 1. The van der Waals surface area contributed by atoms with Gasteiger partial charge in [0, 0.05) is 36.0 Å². The largest absolute Gasteiger partial charge is 0.497 e. The van der Waals surface area contributed by atoms with E-state index in [4.69, 9.17) is 9.47 Å². The summed E-state index contributed by atoms with van der Waals surface area (Å²) in [6, 6.07) is 5.68. The molecule has 0 spiro atoms. The molecule has 0 N–H and O–H groups in total. The lowest BCUT2D eigenvalue weighted by Crippen LogP contribution is -2.32. The lowest BCUT2D eigenvalue weighted by Gasteiger charge is -2.26. The second-order valence-electron chi connectivity index (χ2n) is 7.81. The average Bonchev–Trinajstić information content (AvgIpc) is 3.37. The topological polar surface area (TPSA) is 73.7 Å². The molecule has 7 nitrogen and oxygen atoms in total. The number of hydrogen-bond acceptors (Lipinski definition) is 6. The third kappa shape index (κ3) is 3.92. The Morgan fingerprint density at radius 1 is 1.26 bits per heavy atom. The smallest absolute Gasteiger partial charge is 0.262 e. The van der Waals surface area contributed by atoms with Crippen LogP contribution in [0.4, 0.5) is 0 Å². The van der Waals surface area contributed by atoms with E-state index >= 15 is 0 Å². The SMILES string of the molecule is COc1ccc([C@@H]2CCCN2C(=O)CCn2cnc3sc(C)c(C)c3c2=O)c(OC)c1. The summed E-state index contributed by atoms with van der Waals surface area (Å²) in [7, 11) is 3.25. The Hall–Kier alpha value is -2.87. The van der Waals surface area contributed by atoms with Gasteiger partial charge in [-0.2, -0.15) is 0 Å². The number of ether oxygens (including phenoxy) is 2. The predicted octanol–water partition coefficient (Wildman–Crippen LogP) is 3.85. The number of benzene rings is 1. The molecular weight excluding hydrogens is 414 g/mol. The Labute approximate surface area is 185 Å². The summed E-state index contributed by atoms with van der Waals surface area (Å²) in [6.07, 6.45) is 3.63. The van der Waals surface area contributed by atoms with Gasteiger partial charge in [0.15, 0.2) is 0 Å². The minimum Gasteiger partial charge on any atom is -0.497 e. The maximum absolute atomic E-state index is 13.1. The molecule has 31 heavy (non-hydrogen) atoms. The highest BCUT2D eigenvalue weighted by Gasteiger charge is 2.31. The van der Waals surface area contributed by atoms with Crippen molar-refractivity contribution >= 4 is 27.5 Å². The lowest BCUT2D eigenvalue weighted by molar-refractivity contribution is -0.132. The molecule has 0 unspecified atom stereocenters. The summed E-state index contributed by atoms with van der Waals surface area (Å²) < 4.78 is 12.4. The quantitative estimate of drug-likeness (QED) is 0.581. The van der Waals surface area contributed by atoms with Gasteiger partial charge < -0.3 is 14.4 Å². The van der Waals surface area contributed by atoms with Gasteiger partial charge in [0.2, 0.25) is 5.91 Å². The summed E-state index contributed by atoms with van der Waals surface area (Å²) in [4.78, 5) is 34.2.